The molecule has 0 bridgehead atoms. The summed E-state index contributed by atoms with van der Waals surface area (Å²) in [7, 11) is 0. The van der Waals surface area contributed by atoms with Crippen LogP contribution in [0.1, 0.15) is 23.6 Å². The van der Waals surface area contributed by atoms with E-state index in [0.29, 0.717) is 18.1 Å². The molecule has 1 aliphatic heterocycles. The van der Waals surface area contributed by atoms with Crippen LogP contribution in [-0.4, -0.2) is 4.92 Å². The van der Waals surface area contributed by atoms with Crippen molar-refractivity contribution >= 4 is 5.69 Å². The molecule has 0 atom stereocenters. The average molecular weight is 229 g/mol. The number of rotatable bonds is 2. The second kappa shape index (κ2) is 3.48. The van der Waals surface area contributed by atoms with Crippen molar-refractivity contribution in [3.63, 3.8) is 0 Å². The van der Waals surface area contributed by atoms with Gasteiger partial charge in [0, 0.05) is 18.6 Å². The lowest BCUT2D eigenvalue weighted by atomic mass is 10.0. The van der Waals surface area contributed by atoms with E-state index in [2.05, 4.69) is 0 Å². The van der Waals surface area contributed by atoms with Crippen molar-refractivity contribution in [3.8, 4) is 0 Å². The third-order valence-corrected chi connectivity index (χ3v) is 2.53. The molecule has 0 saturated carbocycles. The number of benzene rings is 1. The Kier molecular flexibility index (Phi) is 2.38. The fourth-order valence-corrected chi connectivity index (χ4v) is 1.69. The molecule has 16 heavy (non-hydrogen) atoms. The molecule has 4 nitrogen and oxygen atoms in total. The van der Waals surface area contributed by atoms with Gasteiger partial charge in [-0.1, -0.05) is 0 Å². The van der Waals surface area contributed by atoms with Crippen LogP contribution in [0.3, 0.4) is 0 Å². The van der Waals surface area contributed by atoms with Crippen molar-refractivity contribution in [1.29, 1.82) is 0 Å². The Morgan fingerprint density at radius 1 is 1.44 bits per heavy atom. The highest BCUT2D eigenvalue weighted by Crippen LogP contribution is 2.36. The highest BCUT2D eigenvalue weighted by molar-refractivity contribution is 5.50. The quantitative estimate of drug-likeness (QED) is 0.578. The third kappa shape index (κ3) is 1.76. The molecule has 0 aliphatic carbocycles. The van der Waals surface area contributed by atoms with E-state index < -0.39 is 10.8 Å². The molecule has 2 rings (SSSR count). The summed E-state index contributed by atoms with van der Waals surface area (Å²) < 4.78 is 31.2. The minimum atomic E-state index is -3.08. The molecular weight excluding hydrogens is 220 g/mol. The van der Waals surface area contributed by atoms with Gasteiger partial charge in [0.15, 0.2) is 0 Å². The van der Waals surface area contributed by atoms with Crippen molar-refractivity contribution in [3.05, 3.63) is 38.9 Å². The monoisotopic (exact) mass is 229 g/mol. The van der Waals surface area contributed by atoms with E-state index in [-0.39, 0.29) is 24.5 Å². The van der Waals surface area contributed by atoms with Crippen molar-refractivity contribution in [2.45, 2.75) is 26.1 Å². The summed E-state index contributed by atoms with van der Waals surface area (Å²) in [5, 5.41) is 10.7. The van der Waals surface area contributed by atoms with Crippen molar-refractivity contribution in [2.75, 3.05) is 0 Å². The number of nitro groups is 1. The molecule has 0 spiro atoms. The number of hydrogen-bond acceptors (Lipinski definition) is 3. The Balaban J connectivity index is 2.61. The Bertz CT molecular complexity index is 454. The summed E-state index contributed by atoms with van der Waals surface area (Å²) in [6.45, 7) is 0.982. The fourth-order valence-electron chi connectivity index (χ4n) is 1.69. The van der Waals surface area contributed by atoms with Crippen LogP contribution < -0.4 is 0 Å². The maximum atomic E-state index is 13.1. The number of hydrogen-bond donors (Lipinski definition) is 0. The van der Waals surface area contributed by atoms with Gasteiger partial charge >= 0.3 is 0 Å². The van der Waals surface area contributed by atoms with Crippen LogP contribution in [0.5, 0.6) is 0 Å². The summed E-state index contributed by atoms with van der Waals surface area (Å²) in [5.74, 6) is -3.08. The number of ether oxygens (including phenoxy) is 1. The van der Waals surface area contributed by atoms with Crippen LogP contribution >= 0.6 is 0 Å². The largest absolute Gasteiger partial charge is 0.372 e. The minimum Gasteiger partial charge on any atom is -0.372 e. The van der Waals surface area contributed by atoms with Crippen LogP contribution in [0.2, 0.25) is 0 Å². The maximum Gasteiger partial charge on any atom is 0.275 e. The van der Waals surface area contributed by atoms with Gasteiger partial charge in [0.05, 0.1) is 23.7 Å². The molecule has 1 aromatic carbocycles. The van der Waals surface area contributed by atoms with Crippen molar-refractivity contribution < 1.29 is 18.4 Å². The zero-order valence-corrected chi connectivity index (χ0v) is 8.50. The molecule has 0 aromatic heterocycles. The first kappa shape index (κ1) is 10.9. The van der Waals surface area contributed by atoms with E-state index >= 15 is 0 Å². The van der Waals surface area contributed by atoms with Crippen LogP contribution in [0.4, 0.5) is 14.5 Å². The minimum absolute atomic E-state index is 0.112. The average Bonchev–Trinajstić information content (AvgIpc) is 2.61. The second-order valence-electron chi connectivity index (χ2n) is 3.77. The van der Waals surface area contributed by atoms with Crippen LogP contribution in [0.25, 0.3) is 0 Å². The standard InChI is InChI=1S/C10H9F2NO3/c1-10(11,12)7-2-6-4-16-5-8(6)9(3-7)13(14)15/h2-3H,4-5H2,1H3. The first-order valence-electron chi connectivity index (χ1n) is 4.66. The van der Waals surface area contributed by atoms with E-state index in [1.807, 2.05) is 0 Å². The first-order valence-corrected chi connectivity index (χ1v) is 4.66. The fraction of sp³-hybridized carbons (Fsp3) is 0.400. The SMILES string of the molecule is CC(F)(F)c1cc2c(c([N+](=O)[O-])c1)COC2. The number of nitrogens with zero attached hydrogens (tertiary/aromatic N) is 1. The molecule has 1 aromatic rings. The third-order valence-electron chi connectivity index (χ3n) is 2.53. The number of halogens is 2. The lowest BCUT2D eigenvalue weighted by molar-refractivity contribution is -0.385. The number of alkyl halides is 2. The number of fused-ring (bicyclic) bond motifs is 1. The highest BCUT2D eigenvalue weighted by atomic mass is 19.3. The first-order chi connectivity index (χ1) is 7.39. The van der Waals surface area contributed by atoms with Gasteiger partial charge in [0.1, 0.15) is 0 Å². The molecule has 86 valence electrons. The molecular formula is C10H9F2NO3. The molecule has 0 saturated heterocycles. The van der Waals surface area contributed by atoms with Gasteiger partial charge in [-0.25, -0.2) is 8.78 Å². The normalized spacial score (nSPS) is 14.9. The summed E-state index contributed by atoms with van der Waals surface area (Å²) >= 11 is 0. The number of nitro benzene ring substituents is 1. The van der Waals surface area contributed by atoms with E-state index in [0.717, 1.165) is 6.07 Å². The van der Waals surface area contributed by atoms with Crippen LogP contribution in [-0.2, 0) is 23.9 Å². The molecule has 6 heteroatoms. The molecule has 0 N–H and O–H groups in total. The maximum absolute atomic E-state index is 13.1. The van der Waals surface area contributed by atoms with E-state index in [4.69, 9.17) is 4.74 Å². The molecule has 0 fully saturated rings. The van der Waals surface area contributed by atoms with Gasteiger partial charge < -0.3 is 4.74 Å². The second-order valence-corrected chi connectivity index (χ2v) is 3.77. The summed E-state index contributed by atoms with van der Waals surface area (Å²) in [6.07, 6.45) is 0. The topological polar surface area (TPSA) is 52.4 Å². The Morgan fingerprint density at radius 2 is 2.12 bits per heavy atom. The van der Waals surface area contributed by atoms with Crippen molar-refractivity contribution in [2.24, 2.45) is 0 Å². The predicted molar refractivity (Wildman–Crippen MR) is 51.2 cm³/mol. The van der Waals surface area contributed by atoms with Crippen LogP contribution in [0, 0.1) is 10.1 Å². The Morgan fingerprint density at radius 3 is 2.69 bits per heavy atom. The van der Waals surface area contributed by atoms with Crippen molar-refractivity contribution in [1.82, 2.24) is 0 Å². The van der Waals surface area contributed by atoms with Crippen LogP contribution in [0.15, 0.2) is 12.1 Å². The molecule has 0 unspecified atom stereocenters. The lowest BCUT2D eigenvalue weighted by Gasteiger charge is -2.11. The molecule has 1 heterocycles. The summed E-state index contributed by atoms with van der Waals surface area (Å²) in [4.78, 5) is 10.1. The zero-order chi connectivity index (χ0) is 11.9. The van der Waals surface area contributed by atoms with Gasteiger partial charge in [-0.2, -0.15) is 0 Å². The van der Waals surface area contributed by atoms with E-state index in [9.17, 15) is 18.9 Å². The predicted octanol–water partition coefficient (Wildman–Crippen LogP) is 2.74. The Labute approximate surface area is 90.0 Å². The molecule has 0 amide bonds. The zero-order valence-electron chi connectivity index (χ0n) is 8.50. The Hall–Kier alpha value is -1.56. The van der Waals surface area contributed by atoms with E-state index in [1.54, 1.807) is 0 Å². The molecule has 0 radical (unpaired) electrons. The van der Waals surface area contributed by atoms with Gasteiger partial charge in [-0.15, -0.1) is 0 Å². The van der Waals surface area contributed by atoms with Gasteiger partial charge in [-0.05, 0) is 11.6 Å². The van der Waals surface area contributed by atoms with Gasteiger partial charge in [0.25, 0.3) is 11.6 Å². The summed E-state index contributed by atoms with van der Waals surface area (Å²) in [5.41, 5.74) is 0.249. The summed E-state index contributed by atoms with van der Waals surface area (Å²) in [6, 6.07) is 2.20. The lowest BCUT2D eigenvalue weighted by Crippen LogP contribution is -2.09. The highest BCUT2D eigenvalue weighted by Gasteiger charge is 2.31. The van der Waals surface area contributed by atoms with Gasteiger partial charge in [-0.3, -0.25) is 10.1 Å². The molecule has 1 aliphatic rings. The van der Waals surface area contributed by atoms with E-state index in [1.165, 1.54) is 6.07 Å². The smallest absolute Gasteiger partial charge is 0.275 e. The van der Waals surface area contributed by atoms with Gasteiger partial charge in [0.2, 0.25) is 0 Å².